The Morgan fingerprint density at radius 3 is 3.05 bits per heavy atom. The van der Waals surface area contributed by atoms with Gasteiger partial charge in [-0.2, -0.15) is 5.10 Å². The van der Waals surface area contributed by atoms with Crippen molar-refractivity contribution in [1.82, 2.24) is 25.1 Å². The van der Waals surface area contributed by atoms with Gasteiger partial charge in [0, 0.05) is 0 Å². The standard InChI is InChI=1S/C14H18N6O/c1-10-4-5-16-12(6-10)14(21)19-11-2-3-13(17-7-11)20-9-15-8-18-20/h2-3,7-10,12,16H,4-6H2,1H3,(H,19,21). The van der Waals surface area contributed by atoms with Crippen LogP contribution < -0.4 is 10.6 Å². The van der Waals surface area contributed by atoms with E-state index in [9.17, 15) is 4.79 Å². The van der Waals surface area contributed by atoms with Crippen LogP contribution in [0, 0.1) is 5.92 Å². The molecular weight excluding hydrogens is 268 g/mol. The first-order valence-corrected chi connectivity index (χ1v) is 7.07. The summed E-state index contributed by atoms with van der Waals surface area (Å²) in [5, 5.41) is 10.1. The lowest BCUT2D eigenvalue weighted by Crippen LogP contribution is -2.45. The van der Waals surface area contributed by atoms with Crippen LogP contribution in [0.1, 0.15) is 19.8 Å². The van der Waals surface area contributed by atoms with Gasteiger partial charge in [0.15, 0.2) is 5.82 Å². The van der Waals surface area contributed by atoms with E-state index in [1.807, 2.05) is 6.07 Å². The van der Waals surface area contributed by atoms with Crippen molar-refractivity contribution in [3.63, 3.8) is 0 Å². The third-order valence-corrected chi connectivity index (χ3v) is 3.65. The smallest absolute Gasteiger partial charge is 0.241 e. The maximum Gasteiger partial charge on any atom is 0.241 e. The molecule has 2 aromatic heterocycles. The summed E-state index contributed by atoms with van der Waals surface area (Å²) >= 11 is 0. The fraction of sp³-hybridized carbons (Fsp3) is 0.429. The van der Waals surface area contributed by atoms with Gasteiger partial charge in [-0.05, 0) is 37.4 Å². The molecule has 3 heterocycles. The number of anilines is 1. The second kappa shape index (κ2) is 6.01. The summed E-state index contributed by atoms with van der Waals surface area (Å²) in [4.78, 5) is 20.3. The van der Waals surface area contributed by atoms with Crippen LogP contribution in [-0.4, -0.2) is 38.2 Å². The van der Waals surface area contributed by atoms with Crippen LogP contribution in [0.5, 0.6) is 0 Å². The third kappa shape index (κ3) is 3.25. The van der Waals surface area contributed by atoms with Gasteiger partial charge in [0.1, 0.15) is 12.7 Å². The van der Waals surface area contributed by atoms with E-state index in [0.29, 0.717) is 17.4 Å². The normalized spacial score (nSPS) is 22.0. The van der Waals surface area contributed by atoms with Crippen molar-refractivity contribution in [2.75, 3.05) is 11.9 Å². The van der Waals surface area contributed by atoms with E-state index in [2.05, 4.69) is 32.6 Å². The van der Waals surface area contributed by atoms with Gasteiger partial charge in [0.2, 0.25) is 5.91 Å². The number of hydrogen-bond acceptors (Lipinski definition) is 5. The molecular formula is C14H18N6O. The van der Waals surface area contributed by atoms with Crippen molar-refractivity contribution in [2.45, 2.75) is 25.8 Å². The first-order valence-electron chi connectivity index (χ1n) is 7.07. The van der Waals surface area contributed by atoms with Crippen LogP contribution in [-0.2, 0) is 4.79 Å². The topological polar surface area (TPSA) is 84.7 Å². The molecule has 1 saturated heterocycles. The molecule has 2 unspecified atom stereocenters. The Morgan fingerprint density at radius 1 is 1.48 bits per heavy atom. The highest BCUT2D eigenvalue weighted by molar-refractivity contribution is 5.94. The number of nitrogens with zero attached hydrogens (tertiary/aromatic N) is 4. The lowest BCUT2D eigenvalue weighted by molar-refractivity contribution is -0.119. The zero-order chi connectivity index (χ0) is 14.7. The number of carbonyl (C=O) groups is 1. The van der Waals surface area contributed by atoms with Crippen LogP contribution in [0.15, 0.2) is 31.0 Å². The molecule has 0 aliphatic carbocycles. The summed E-state index contributed by atoms with van der Waals surface area (Å²) in [6.45, 7) is 3.07. The number of piperidine rings is 1. The van der Waals surface area contributed by atoms with Crippen LogP contribution >= 0.6 is 0 Å². The first kappa shape index (κ1) is 13.7. The summed E-state index contributed by atoms with van der Waals surface area (Å²) in [5.74, 6) is 1.24. The number of rotatable bonds is 3. The van der Waals surface area contributed by atoms with Crippen molar-refractivity contribution in [2.24, 2.45) is 5.92 Å². The predicted octanol–water partition coefficient (Wildman–Crippen LogP) is 0.989. The molecule has 0 saturated carbocycles. The summed E-state index contributed by atoms with van der Waals surface area (Å²) in [7, 11) is 0. The van der Waals surface area contributed by atoms with Gasteiger partial charge >= 0.3 is 0 Å². The van der Waals surface area contributed by atoms with E-state index in [0.717, 1.165) is 19.4 Å². The summed E-state index contributed by atoms with van der Waals surface area (Å²) in [6.07, 6.45) is 6.65. The van der Waals surface area contributed by atoms with Gasteiger partial charge in [0.05, 0.1) is 17.9 Å². The Kier molecular flexibility index (Phi) is 3.92. The molecule has 21 heavy (non-hydrogen) atoms. The summed E-state index contributed by atoms with van der Waals surface area (Å²) in [5.41, 5.74) is 0.684. The highest BCUT2D eigenvalue weighted by atomic mass is 16.2. The molecule has 0 spiro atoms. The molecule has 1 fully saturated rings. The SMILES string of the molecule is CC1CCNC(C(=O)Nc2ccc(-n3cncn3)nc2)C1. The summed E-state index contributed by atoms with van der Waals surface area (Å²) < 4.78 is 1.57. The molecule has 1 aliphatic heterocycles. The molecule has 110 valence electrons. The fourth-order valence-corrected chi connectivity index (χ4v) is 2.46. The molecule has 0 bridgehead atoms. The van der Waals surface area contributed by atoms with Crippen LogP contribution in [0.3, 0.4) is 0 Å². The molecule has 1 aliphatic rings. The quantitative estimate of drug-likeness (QED) is 0.879. The van der Waals surface area contributed by atoms with Gasteiger partial charge in [-0.25, -0.2) is 14.6 Å². The average molecular weight is 286 g/mol. The van der Waals surface area contributed by atoms with Crippen LogP contribution in [0.2, 0.25) is 0 Å². The molecule has 2 aromatic rings. The number of hydrogen-bond donors (Lipinski definition) is 2. The largest absolute Gasteiger partial charge is 0.323 e. The van der Waals surface area contributed by atoms with E-state index in [4.69, 9.17) is 0 Å². The second-order valence-electron chi connectivity index (χ2n) is 5.37. The fourth-order valence-electron chi connectivity index (χ4n) is 2.46. The van der Waals surface area contributed by atoms with E-state index >= 15 is 0 Å². The predicted molar refractivity (Wildman–Crippen MR) is 78.0 cm³/mol. The van der Waals surface area contributed by atoms with E-state index in [-0.39, 0.29) is 11.9 Å². The van der Waals surface area contributed by atoms with Gasteiger partial charge in [-0.1, -0.05) is 6.92 Å². The molecule has 2 N–H and O–H groups in total. The van der Waals surface area contributed by atoms with Crippen molar-refractivity contribution in [1.29, 1.82) is 0 Å². The maximum atomic E-state index is 12.2. The molecule has 0 aromatic carbocycles. The molecule has 0 radical (unpaired) electrons. The molecule has 7 nitrogen and oxygen atoms in total. The number of aromatic nitrogens is 4. The minimum Gasteiger partial charge on any atom is -0.323 e. The van der Waals surface area contributed by atoms with Crippen molar-refractivity contribution in [3.05, 3.63) is 31.0 Å². The van der Waals surface area contributed by atoms with Crippen molar-refractivity contribution in [3.8, 4) is 5.82 Å². The second-order valence-corrected chi connectivity index (χ2v) is 5.37. The van der Waals surface area contributed by atoms with Crippen LogP contribution in [0.4, 0.5) is 5.69 Å². The Labute approximate surface area is 122 Å². The molecule has 3 rings (SSSR count). The Bertz CT molecular complexity index is 594. The number of carbonyl (C=O) groups excluding carboxylic acids is 1. The minimum atomic E-state index is -0.122. The lowest BCUT2D eigenvalue weighted by Gasteiger charge is -2.27. The Morgan fingerprint density at radius 2 is 2.38 bits per heavy atom. The molecule has 7 heteroatoms. The minimum absolute atomic E-state index is 0.00291. The monoisotopic (exact) mass is 286 g/mol. The van der Waals surface area contributed by atoms with Gasteiger partial charge in [0.25, 0.3) is 0 Å². The average Bonchev–Trinajstić information content (AvgIpc) is 3.02. The zero-order valence-electron chi connectivity index (χ0n) is 11.9. The Balaban J connectivity index is 1.63. The number of pyridine rings is 1. The Hall–Kier alpha value is -2.28. The first-order chi connectivity index (χ1) is 10.2. The molecule has 1 amide bonds. The number of amides is 1. The van der Waals surface area contributed by atoms with Gasteiger partial charge < -0.3 is 10.6 Å². The molecule has 2 atom stereocenters. The third-order valence-electron chi connectivity index (χ3n) is 3.65. The van der Waals surface area contributed by atoms with Crippen molar-refractivity contribution >= 4 is 11.6 Å². The lowest BCUT2D eigenvalue weighted by atomic mass is 9.94. The van der Waals surface area contributed by atoms with E-state index in [1.165, 1.54) is 6.33 Å². The van der Waals surface area contributed by atoms with E-state index < -0.39 is 0 Å². The maximum absolute atomic E-state index is 12.2. The highest BCUT2D eigenvalue weighted by Gasteiger charge is 2.24. The van der Waals surface area contributed by atoms with Crippen LogP contribution in [0.25, 0.3) is 5.82 Å². The van der Waals surface area contributed by atoms with Gasteiger partial charge in [-0.15, -0.1) is 0 Å². The highest BCUT2D eigenvalue weighted by Crippen LogP contribution is 2.16. The van der Waals surface area contributed by atoms with E-state index in [1.54, 1.807) is 23.3 Å². The van der Waals surface area contributed by atoms with Gasteiger partial charge in [-0.3, -0.25) is 4.79 Å². The van der Waals surface area contributed by atoms with Crippen molar-refractivity contribution < 1.29 is 4.79 Å². The zero-order valence-corrected chi connectivity index (χ0v) is 11.9. The summed E-state index contributed by atoms with van der Waals surface area (Å²) in [6, 6.07) is 3.48. The number of nitrogens with one attached hydrogen (secondary N) is 2.